The largest absolute Gasteiger partial charge is 0.330 e. The first-order chi connectivity index (χ1) is 8.03. The molecule has 1 aliphatic heterocycles. The van der Waals surface area contributed by atoms with Crippen LogP contribution in [0.4, 0.5) is 0 Å². The monoisotopic (exact) mass is 263 g/mol. The predicted octanol–water partition coefficient (Wildman–Crippen LogP) is -0.0135. The van der Waals surface area contributed by atoms with E-state index in [4.69, 9.17) is 5.73 Å². The van der Waals surface area contributed by atoms with Crippen LogP contribution in [0.1, 0.15) is 25.7 Å². The summed E-state index contributed by atoms with van der Waals surface area (Å²) in [4.78, 5) is 2.32. The van der Waals surface area contributed by atoms with Crippen LogP contribution in [0, 0.1) is 5.92 Å². The first kappa shape index (κ1) is 14.9. The molecule has 0 aromatic heterocycles. The van der Waals surface area contributed by atoms with E-state index in [0.717, 1.165) is 19.5 Å². The van der Waals surface area contributed by atoms with Crippen molar-refractivity contribution in [1.82, 2.24) is 9.62 Å². The highest BCUT2D eigenvalue weighted by molar-refractivity contribution is 7.89. The molecule has 1 saturated heterocycles. The molecular weight excluding hydrogens is 238 g/mol. The summed E-state index contributed by atoms with van der Waals surface area (Å²) in [5.41, 5.74) is 5.30. The molecule has 0 unspecified atom stereocenters. The number of likely N-dealkylation sites (tertiary alicyclic amines) is 1. The Labute approximate surface area is 105 Å². The fraction of sp³-hybridized carbons (Fsp3) is 1.00. The molecule has 0 atom stereocenters. The van der Waals surface area contributed by atoms with E-state index in [1.54, 1.807) is 0 Å². The van der Waals surface area contributed by atoms with Gasteiger partial charge >= 0.3 is 0 Å². The molecule has 0 aromatic carbocycles. The van der Waals surface area contributed by atoms with E-state index < -0.39 is 10.0 Å². The van der Waals surface area contributed by atoms with E-state index in [0.29, 0.717) is 25.4 Å². The molecule has 102 valence electrons. The van der Waals surface area contributed by atoms with E-state index in [2.05, 4.69) is 16.7 Å². The molecule has 0 aliphatic carbocycles. The Balaban J connectivity index is 2.14. The highest BCUT2D eigenvalue weighted by Gasteiger charge is 2.17. The molecule has 0 saturated carbocycles. The average Bonchev–Trinajstić information content (AvgIpc) is 2.29. The van der Waals surface area contributed by atoms with E-state index in [9.17, 15) is 8.42 Å². The average molecular weight is 263 g/mol. The van der Waals surface area contributed by atoms with E-state index >= 15 is 0 Å². The zero-order valence-corrected chi connectivity index (χ0v) is 11.5. The third-order valence-corrected chi connectivity index (χ3v) is 4.80. The van der Waals surface area contributed by atoms with E-state index in [-0.39, 0.29) is 5.75 Å². The molecular formula is C11H25N3O2S. The summed E-state index contributed by atoms with van der Waals surface area (Å²) in [6, 6.07) is 0. The van der Waals surface area contributed by atoms with Crippen LogP contribution < -0.4 is 10.5 Å². The second kappa shape index (κ2) is 7.31. The number of nitrogens with zero attached hydrogens (tertiary/aromatic N) is 1. The Morgan fingerprint density at radius 2 is 2.00 bits per heavy atom. The summed E-state index contributed by atoms with van der Waals surface area (Å²) < 4.78 is 25.7. The minimum atomic E-state index is -3.10. The quantitative estimate of drug-likeness (QED) is 0.677. The Kier molecular flexibility index (Phi) is 6.40. The van der Waals surface area contributed by atoms with Gasteiger partial charge in [-0.25, -0.2) is 13.1 Å². The van der Waals surface area contributed by atoms with Crippen molar-refractivity contribution in [3.63, 3.8) is 0 Å². The van der Waals surface area contributed by atoms with Crippen LogP contribution in [-0.4, -0.2) is 52.3 Å². The summed E-state index contributed by atoms with van der Waals surface area (Å²) in [5.74, 6) is 0.820. The minimum Gasteiger partial charge on any atom is -0.330 e. The van der Waals surface area contributed by atoms with Crippen molar-refractivity contribution in [2.75, 3.05) is 39.0 Å². The van der Waals surface area contributed by atoms with Crippen molar-refractivity contribution in [3.8, 4) is 0 Å². The number of hydrogen-bond donors (Lipinski definition) is 2. The van der Waals surface area contributed by atoms with Crippen LogP contribution in [0.15, 0.2) is 0 Å². The Bertz CT molecular complexity index is 298. The summed E-state index contributed by atoms with van der Waals surface area (Å²) >= 11 is 0. The lowest BCUT2D eigenvalue weighted by molar-refractivity contribution is 0.213. The number of sulfonamides is 1. The van der Waals surface area contributed by atoms with Crippen molar-refractivity contribution >= 4 is 10.0 Å². The zero-order valence-electron chi connectivity index (χ0n) is 10.7. The van der Waals surface area contributed by atoms with Crippen LogP contribution in [0.25, 0.3) is 0 Å². The van der Waals surface area contributed by atoms with Gasteiger partial charge in [0.05, 0.1) is 5.75 Å². The highest BCUT2D eigenvalue weighted by Crippen LogP contribution is 2.18. The van der Waals surface area contributed by atoms with Crippen molar-refractivity contribution in [2.45, 2.75) is 25.7 Å². The van der Waals surface area contributed by atoms with Crippen LogP contribution >= 0.6 is 0 Å². The number of piperidine rings is 1. The minimum absolute atomic E-state index is 0.150. The van der Waals surface area contributed by atoms with Crippen molar-refractivity contribution < 1.29 is 8.42 Å². The van der Waals surface area contributed by atoms with Crippen LogP contribution in [0.2, 0.25) is 0 Å². The van der Waals surface area contributed by atoms with Gasteiger partial charge in [0.15, 0.2) is 0 Å². The fourth-order valence-electron chi connectivity index (χ4n) is 2.11. The highest BCUT2D eigenvalue weighted by atomic mass is 32.2. The van der Waals surface area contributed by atoms with Gasteiger partial charge in [0.2, 0.25) is 10.0 Å². The molecule has 0 bridgehead atoms. The van der Waals surface area contributed by atoms with Crippen LogP contribution in [-0.2, 0) is 10.0 Å². The summed E-state index contributed by atoms with van der Waals surface area (Å²) in [7, 11) is -0.965. The molecule has 1 heterocycles. The Hall–Kier alpha value is -0.170. The number of nitrogens with one attached hydrogen (secondary N) is 1. The smallest absolute Gasteiger partial charge is 0.211 e. The van der Waals surface area contributed by atoms with Gasteiger partial charge in [-0.2, -0.15) is 0 Å². The maximum atomic E-state index is 11.5. The van der Waals surface area contributed by atoms with Gasteiger partial charge in [0, 0.05) is 6.54 Å². The van der Waals surface area contributed by atoms with Crippen molar-refractivity contribution in [3.05, 3.63) is 0 Å². The third-order valence-electron chi connectivity index (χ3n) is 3.33. The molecule has 17 heavy (non-hydrogen) atoms. The van der Waals surface area contributed by atoms with Gasteiger partial charge in [-0.05, 0) is 58.3 Å². The van der Waals surface area contributed by atoms with Gasteiger partial charge in [-0.15, -0.1) is 0 Å². The molecule has 0 amide bonds. The second-order valence-electron chi connectivity index (χ2n) is 4.89. The maximum absolute atomic E-state index is 11.5. The zero-order chi connectivity index (χ0) is 12.7. The standard InChI is InChI=1S/C11H25N3O2S/c1-14-8-4-11(5-9-14)3-7-13-17(15,16)10-2-6-12/h11,13H,2-10,12H2,1H3. The lowest BCUT2D eigenvalue weighted by Gasteiger charge is -2.28. The molecule has 0 aromatic rings. The molecule has 1 aliphatic rings. The van der Waals surface area contributed by atoms with Gasteiger partial charge < -0.3 is 10.6 Å². The molecule has 5 nitrogen and oxygen atoms in total. The summed E-state index contributed by atoms with van der Waals surface area (Å²) in [6.45, 7) is 3.26. The van der Waals surface area contributed by atoms with Gasteiger partial charge in [0.25, 0.3) is 0 Å². The summed E-state index contributed by atoms with van der Waals surface area (Å²) in [6.07, 6.45) is 3.85. The molecule has 0 radical (unpaired) electrons. The van der Waals surface area contributed by atoms with E-state index in [1.165, 1.54) is 12.8 Å². The van der Waals surface area contributed by atoms with Crippen molar-refractivity contribution in [2.24, 2.45) is 11.7 Å². The number of hydrogen-bond acceptors (Lipinski definition) is 4. The molecule has 1 rings (SSSR count). The van der Waals surface area contributed by atoms with Gasteiger partial charge in [0.1, 0.15) is 0 Å². The van der Waals surface area contributed by atoms with Crippen molar-refractivity contribution in [1.29, 1.82) is 0 Å². The molecule has 0 spiro atoms. The second-order valence-corrected chi connectivity index (χ2v) is 6.82. The van der Waals surface area contributed by atoms with E-state index in [1.807, 2.05) is 0 Å². The SMILES string of the molecule is CN1CCC(CCNS(=O)(=O)CCCN)CC1. The van der Waals surface area contributed by atoms with Crippen LogP contribution in [0.5, 0.6) is 0 Å². The number of nitrogens with two attached hydrogens (primary N) is 1. The van der Waals surface area contributed by atoms with Crippen LogP contribution in [0.3, 0.4) is 0 Å². The third kappa shape index (κ3) is 6.35. The molecule has 1 fully saturated rings. The van der Waals surface area contributed by atoms with Gasteiger partial charge in [-0.3, -0.25) is 0 Å². The first-order valence-corrected chi connectivity index (χ1v) is 8.04. The fourth-order valence-corrected chi connectivity index (χ4v) is 3.23. The lowest BCUT2D eigenvalue weighted by Crippen LogP contribution is -2.33. The normalized spacial score (nSPS) is 19.6. The topological polar surface area (TPSA) is 75.4 Å². The Morgan fingerprint density at radius 3 is 2.59 bits per heavy atom. The Morgan fingerprint density at radius 1 is 1.35 bits per heavy atom. The maximum Gasteiger partial charge on any atom is 0.211 e. The first-order valence-electron chi connectivity index (χ1n) is 6.39. The summed E-state index contributed by atoms with van der Waals surface area (Å²) in [5, 5.41) is 0. The lowest BCUT2D eigenvalue weighted by atomic mass is 9.94. The van der Waals surface area contributed by atoms with Gasteiger partial charge in [-0.1, -0.05) is 0 Å². The molecule has 6 heteroatoms. The molecule has 3 N–H and O–H groups in total. The number of rotatable bonds is 7. The predicted molar refractivity (Wildman–Crippen MR) is 70.3 cm³/mol.